The number of hydrogen-bond acceptors (Lipinski definition) is 4. The van der Waals surface area contributed by atoms with Gasteiger partial charge >= 0.3 is 6.09 Å². The van der Waals surface area contributed by atoms with Crippen LogP contribution in [0.1, 0.15) is 20.8 Å². The summed E-state index contributed by atoms with van der Waals surface area (Å²) in [6.45, 7) is 5.38. The lowest BCUT2D eigenvalue weighted by Crippen LogP contribution is -2.27. The highest BCUT2D eigenvalue weighted by molar-refractivity contribution is 6.04. The van der Waals surface area contributed by atoms with E-state index in [1.165, 1.54) is 7.11 Å². The molecule has 0 saturated carbocycles. The molecular weight excluding hydrogens is 270 g/mol. The molecule has 2 N–H and O–H groups in total. The molecule has 0 aliphatic heterocycles. The van der Waals surface area contributed by atoms with Gasteiger partial charge in [-0.3, -0.25) is 5.32 Å². The van der Waals surface area contributed by atoms with Crippen molar-refractivity contribution in [1.82, 2.24) is 0 Å². The summed E-state index contributed by atoms with van der Waals surface area (Å²) >= 11 is 0. The summed E-state index contributed by atoms with van der Waals surface area (Å²) in [5.41, 5.74) is -0.0598. The standard InChI is InChI=1S/C16H19NO4/c1-16(2,3)21-15(19)17-12-9-13(20-4)14(18)11-8-6-5-7-10(11)12/h5-9,18H,1-4H3,(H,17,19). The number of aromatic hydroxyl groups is 1. The van der Waals surface area contributed by atoms with E-state index in [2.05, 4.69) is 5.32 Å². The molecule has 112 valence electrons. The number of carbonyl (C=O) groups is 1. The number of hydrogen-bond donors (Lipinski definition) is 2. The minimum absolute atomic E-state index is 0.0443. The number of methoxy groups -OCH3 is 1. The number of fused-ring (bicyclic) bond motifs is 1. The van der Waals surface area contributed by atoms with Crippen molar-refractivity contribution < 1.29 is 19.4 Å². The molecule has 2 aromatic rings. The molecule has 0 radical (unpaired) electrons. The highest BCUT2D eigenvalue weighted by atomic mass is 16.6. The fourth-order valence-electron chi connectivity index (χ4n) is 2.01. The smallest absolute Gasteiger partial charge is 0.412 e. The van der Waals surface area contributed by atoms with Crippen LogP contribution in [0.4, 0.5) is 10.5 Å². The largest absolute Gasteiger partial charge is 0.504 e. The molecule has 21 heavy (non-hydrogen) atoms. The van der Waals surface area contributed by atoms with Gasteiger partial charge in [0.05, 0.1) is 12.8 Å². The highest BCUT2D eigenvalue weighted by Gasteiger charge is 2.18. The van der Waals surface area contributed by atoms with Crippen LogP contribution in [-0.2, 0) is 4.74 Å². The first-order chi connectivity index (χ1) is 9.81. The summed E-state index contributed by atoms with van der Waals surface area (Å²) in [7, 11) is 1.46. The SMILES string of the molecule is COc1cc(NC(=O)OC(C)(C)C)c2ccccc2c1O. The predicted octanol–water partition coefficient (Wildman–Crippen LogP) is 3.90. The number of ether oxygens (including phenoxy) is 2. The second kappa shape index (κ2) is 5.52. The fraction of sp³-hybridized carbons (Fsp3) is 0.312. The molecule has 5 nitrogen and oxygen atoms in total. The Labute approximate surface area is 123 Å². The van der Waals surface area contributed by atoms with E-state index in [0.29, 0.717) is 22.2 Å². The van der Waals surface area contributed by atoms with Crippen molar-refractivity contribution in [2.45, 2.75) is 26.4 Å². The van der Waals surface area contributed by atoms with Crippen LogP contribution in [0, 0.1) is 0 Å². The molecule has 1 amide bonds. The van der Waals surface area contributed by atoms with Crippen molar-refractivity contribution in [1.29, 1.82) is 0 Å². The Hall–Kier alpha value is -2.43. The summed E-state index contributed by atoms with van der Waals surface area (Å²) in [6.07, 6.45) is -0.555. The van der Waals surface area contributed by atoms with E-state index >= 15 is 0 Å². The van der Waals surface area contributed by atoms with Gasteiger partial charge in [-0.1, -0.05) is 24.3 Å². The molecule has 5 heteroatoms. The van der Waals surface area contributed by atoms with Crippen LogP contribution in [0.15, 0.2) is 30.3 Å². The first-order valence-electron chi connectivity index (χ1n) is 6.60. The summed E-state index contributed by atoms with van der Waals surface area (Å²) in [6, 6.07) is 8.77. The van der Waals surface area contributed by atoms with Crippen LogP contribution < -0.4 is 10.1 Å². The number of amides is 1. The maximum Gasteiger partial charge on any atom is 0.412 e. The van der Waals surface area contributed by atoms with Crippen molar-refractivity contribution in [3.63, 3.8) is 0 Å². The summed E-state index contributed by atoms with van der Waals surface area (Å²) in [5.74, 6) is 0.336. The van der Waals surface area contributed by atoms with E-state index in [9.17, 15) is 9.90 Å². The number of rotatable bonds is 2. The van der Waals surface area contributed by atoms with E-state index in [1.807, 2.05) is 6.07 Å². The van der Waals surface area contributed by atoms with Crippen LogP contribution in [0.5, 0.6) is 11.5 Å². The quantitative estimate of drug-likeness (QED) is 0.823. The molecule has 0 aliphatic rings. The third-order valence-electron chi connectivity index (χ3n) is 2.84. The number of benzene rings is 2. The van der Waals surface area contributed by atoms with Crippen molar-refractivity contribution in [3.05, 3.63) is 30.3 Å². The van der Waals surface area contributed by atoms with Gasteiger partial charge in [-0.2, -0.15) is 0 Å². The van der Waals surface area contributed by atoms with E-state index in [-0.39, 0.29) is 5.75 Å². The predicted molar refractivity (Wildman–Crippen MR) is 82.0 cm³/mol. The molecule has 0 bridgehead atoms. The lowest BCUT2D eigenvalue weighted by Gasteiger charge is -2.20. The lowest BCUT2D eigenvalue weighted by molar-refractivity contribution is 0.0636. The third kappa shape index (κ3) is 3.37. The number of carbonyl (C=O) groups excluding carboxylic acids is 1. The van der Waals surface area contributed by atoms with Gasteiger partial charge in [0.25, 0.3) is 0 Å². The van der Waals surface area contributed by atoms with Gasteiger partial charge in [0, 0.05) is 16.8 Å². The molecule has 0 fully saturated rings. The molecule has 0 saturated heterocycles. The molecule has 2 rings (SSSR count). The second-order valence-corrected chi connectivity index (χ2v) is 5.65. The third-order valence-corrected chi connectivity index (χ3v) is 2.84. The van der Waals surface area contributed by atoms with Gasteiger partial charge < -0.3 is 14.6 Å². The maximum absolute atomic E-state index is 11.9. The Morgan fingerprint density at radius 2 is 1.81 bits per heavy atom. The monoisotopic (exact) mass is 289 g/mol. The van der Waals surface area contributed by atoms with Crippen molar-refractivity contribution >= 4 is 22.6 Å². The topological polar surface area (TPSA) is 67.8 Å². The minimum Gasteiger partial charge on any atom is -0.504 e. The molecule has 0 aliphatic carbocycles. The Kier molecular flexibility index (Phi) is 3.93. The van der Waals surface area contributed by atoms with Gasteiger partial charge in [-0.25, -0.2) is 4.79 Å². The zero-order valence-corrected chi connectivity index (χ0v) is 12.6. The van der Waals surface area contributed by atoms with Gasteiger partial charge in [0.2, 0.25) is 0 Å². The van der Waals surface area contributed by atoms with Gasteiger partial charge in [-0.15, -0.1) is 0 Å². The molecule has 2 aromatic carbocycles. The first kappa shape index (κ1) is 15.0. The normalized spacial score (nSPS) is 11.2. The molecular formula is C16H19NO4. The molecule has 0 aromatic heterocycles. The molecule has 0 heterocycles. The van der Waals surface area contributed by atoms with E-state index in [1.54, 1.807) is 45.0 Å². The fourth-order valence-corrected chi connectivity index (χ4v) is 2.01. The van der Waals surface area contributed by atoms with Crippen LogP contribution in [0.3, 0.4) is 0 Å². The van der Waals surface area contributed by atoms with Gasteiger partial charge in [0.15, 0.2) is 11.5 Å². The van der Waals surface area contributed by atoms with Crippen LogP contribution >= 0.6 is 0 Å². The average Bonchev–Trinajstić information content (AvgIpc) is 2.40. The van der Waals surface area contributed by atoms with Gasteiger partial charge in [-0.05, 0) is 20.8 Å². The highest BCUT2D eigenvalue weighted by Crippen LogP contribution is 2.39. The second-order valence-electron chi connectivity index (χ2n) is 5.65. The van der Waals surface area contributed by atoms with Crippen LogP contribution in [0.2, 0.25) is 0 Å². The Bertz CT molecular complexity index is 674. The van der Waals surface area contributed by atoms with E-state index in [4.69, 9.17) is 9.47 Å². The first-order valence-corrected chi connectivity index (χ1v) is 6.60. The number of phenolic OH excluding ortho intramolecular Hbond substituents is 1. The molecule has 0 atom stereocenters. The Morgan fingerprint density at radius 1 is 1.19 bits per heavy atom. The molecule has 0 spiro atoms. The number of phenols is 1. The zero-order chi connectivity index (χ0) is 15.6. The van der Waals surface area contributed by atoms with E-state index in [0.717, 1.165) is 0 Å². The van der Waals surface area contributed by atoms with E-state index < -0.39 is 11.7 Å². The number of nitrogens with one attached hydrogen (secondary N) is 1. The van der Waals surface area contributed by atoms with Crippen molar-refractivity contribution in [2.75, 3.05) is 12.4 Å². The van der Waals surface area contributed by atoms with Gasteiger partial charge in [0.1, 0.15) is 5.60 Å². The van der Waals surface area contributed by atoms with Crippen LogP contribution in [0.25, 0.3) is 10.8 Å². The molecule has 0 unspecified atom stereocenters. The lowest BCUT2D eigenvalue weighted by atomic mass is 10.1. The summed E-state index contributed by atoms with van der Waals surface area (Å²) in [4.78, 5) is 11.9. The maximum atomic E-state index is 11.9. The Balaban J connectivity index is 2.44. The zero-order valence-electron chi connectivity index (χ0n) is 12.6. The average molecular weight is 289 g/mol. The van der Waals surface area contributed by atoms with Crippen molar-refractivity contribution in [3.8, 4) is 11.5 Å². The van der Waals surface area contributed by atoms with Crippen molar-refractivity contribution in [2.24, 2.45) is 0 Å². The summed E-state index contributed by atoms with van der Waals surface area (Å²) in [5, 5.41) is 14.1. The van der Waals surface area contributed by atoms with Crippen LogP contribution in [-0.4, -0.2) is 23.9 Å². The Morgan fingerprint density at radius 3 is 2.38 bits per heavy atom. The number of anilines is 1. The minimum atomic E-state index is -0.582. The summed E-state index contributed by atoms with van der Waals surface area (Å²) < 4.78 is 10.4.